The van der Waals surface area contributed by atoms with Gasteiger partial charge in [0.1, 0.15) is 0 Å². The predicted molar refractivity (Wildman–Crippen MR) is 402 cm³/mol. The van der Waals surface area contributed by atoms with E-state index in [1.807, 2.05) is 6.08 Å². The van der Waals surface area contributed by atoms with Crippen LogP contribution in [0.2, 0.25) is 0 Å². The van der Waals surface area contributed by atoms with E-state index < -0.39 is 12.1 Å². The minimum absolute atomic E-state index is 0.0104. The van der Waals surface area contributed by atoms with E-state index in [1.54, 1.807) is 6.08 Å². The summed E-state index contributed by atoms with van der Waals surface area (Å²) < 4.78 is 5.48. The Morgan fingerprint density at radius 1 is 0.308 bits per heavy atom. The van der Waals surface area contributed by atoms with Gasteiger partial charge in [-0.25, -0.2) is 0 Å². The molecule has 2 unspecified atom stereocenters. The van der Waals surface area contributed by atoms with Gasteiger partial charge in [-0.1, -0.05) is 403 Å². The molecule has 0 spiro atoms. The van der Waals surface area contributed by atoms with Gasteiger partial charge in [0.25, 0.3) is 0 Å². The van der Waals surface area contributed by atoms with Crippen molar-refractivity contribution in [3.8, 4) is 0 Å². The summed E-state index contributed by atoms with van der Waals surface area (Å²) in [7, 11) is 0. The number of rotatable bonds is 78. The molecule has 91 heavy (non-hydrogen) atoms. The van der Waals surface area contributed by atoms with Crippen LogP contribution >= 0.6 is 0 Å². The quantitative estimate of drug-likeness (QED) is 0.0320. The van der Waals surface area contributed by atoms with E-state index in [2.05, 4.69) is 55.6 Å². The standard InChI is InChI=1S/C85H161NO5/c1-3-5-7-9-11-13-15-17-18-19-20-21-39-42-45-48-51-54-57-61-65-69-73-77-83(88)82(81-87)86-84(89)78-74-70-66-62-58-55-52-49-46-43-40-37-35-33-31-29-27-25-23-22-24-26-28-30-32-34-36-38-41-44-47-50-53-56-60-64-68-72-76-80-91-85(90)79-75-71-67-63-59-16-14-12-10-8-6-4-2/h12,14,22-23,26,28,73,77,82-83,87-88H,3-11,13,15-21,24-25,27,29-72,74-76,78-81H2,1-2H3,(H,86,89)/b14-12-,23-22-,28-26-,77-73+. The second-order valence-electron chi connectivity index (χ2n) is 28.4. The van der Waals surface area contributed by atoms with E-state index in [-0.39, 0.29) is 18.5 Å². The predicted octanol–water partition coefficient (Wildman–Crippen LogP) is 27.5. The minimum atomic E-state index is -0.844. The maximum absolute atomic E-state index is 12.6. The number of carbonyl (C=O) groups excluding carboxylic acids is 2. The van der Waals surface area contributed by atoms with Crippen LogP contribution in [-0.4, -0.2) is 47.4 Å². The lowest BCUT2D eigenvalue weighted by Gasteiger charge is -2.20. The maximum Gasteiger partial charge on any atom is 0.305 e. The number of carbonyl (C=O) groups is 2. The van der Waals surface area contributed by atoms with Crippen molar-refractivity contribution < 1.29 is 24.5 Å². The molecule has 0 rings (SSSR count). The fourth-order valence-corrected chi connectivity index (χ4v) is 13.0. The molecule has 0 aliphatic rings. The zero-order chi connectivity index (χ0) is 65.6. The Labute approximate surface area is 569 Å². The third-order valence-electron chi connectivity index (χ3n) is 19.3. The number of unbranched alkanes of at least 4 members (excludes halogenated alkanes) is 61. The molecule has 0 aromatic rings. The van der Waals surface area contributed by atoms with E-state index in [0.29, 0.717) is 19.4 Å². The molecule has 6 heteroatoms. The number of ether oxygens (including phenoxy) is 1. The van der Waals surface area contributed by atoms with Crippen molar-refractivity contribution in [2.24, 2.45) is 0 Å². The first-order chi connectivity index (χ1) is 45.0. The molecule has 0 saturated heterocycles. The van der Waals surface area contributed by atoms with E-state index in [9.17, 15) is 19.8 Å². The van der Waals surface area contributed by atoms with E-state index in [0.717, 1.165) is 51.4 Å². The number of esters is 1. The summed E-state index contributed by atoms with van der Waals surface area (Å²) in [5.41, 5.74) is 0. The van der Waals surface area contributed by atoms with Gasteiger partial charge in [0.2, 0.25) is 5.91 Å². The first-order valence-corrected chi connectivity index (χ1v) is 41.4. The van der Waals surface area contributed by atoms with Crippen LogP contribution in [0.15, 0.2) is 48.6 Å². The average Bonchev–Trinajstić information content (AvgIpc) is 3.69. The van der Waals surface area contributed by atoms with Gasteiger partial charge in [-0.15, -0.1) is 0 Å². The molecule has 0 heterocycles. The van der Waals surface area contributed by atoms with Crippen molar-refractivity contribution >= 4 is 11.9 Å². The summed E-state index contributed by atoms with van der Waals surface area (Å²) in [6.45, 7) is 4.92. The molecule has 0 bridgehead atoms. The van der Waals surface area contributed by atoms with Crippen molar-refractivity contribution in [1.29, 1.82) is 0 Å². The monoisotopic (exact) mass is 1280 g/mol. The molecule has 2 atom stereocenters. The van der Waals surface area contributed by atoms with Gasteiger partial charge in [-0.05, 0) is 89.9 Å². The first kappa shape index (κ1) is 88.8. The van der Waals surface area contributed by atoms with Crippen LogP contribution in [0.25, 0.3) is 0 Å². The summed E-state index contributed by atoms with van der Waals surface area (Å²) >= 11 is 0. The highest BCUT2D eigenvalue weighted by molar-refractivity contribution is 5.76. The zero-order valence-corrected chi connectivity index (χ0v) is 61.6. The smallest absolute Gasteiger partial charge is 0.305 e. The van der Waals surface area contributed by atoms with Gasteiger partial charge in [0, 0.05) is 12.8 Å². The van der Waals surface area contributed by atoms with Crippen molar-refractivity contribution in [1.82, 2.24) is 5.32 Å². The molecule has 0 aromatic carbocycles. The molecule has 0 aromatic heterocycles. The SMILES string of the molecule is CCCCC/C=C\CCCCCCCC(=O)OCCCCCCCCCCCCCCCCC/C=C\C/C=C\CCCCCCCCCCCCCCCCCCCC(=O)NC(CO)C(O)/C=C/CCCCCCCCCCCCCCCCCCCCCCC. The largest absolute Gasteiger partial charge is 0.466 e. The Balaban J connectivity index is 3.38. The van der Waals surface area contributed by atoms with Crippen LogP contribution in [0.4, 0.5) is 0 Å². The minimum Gasteiger partial charge on any atom is -0.466 e. The molecule has 0 radical (unpaired) electrons. The zero-order valence-electron chi connectivity index (χ0n) is 61.6. The summed E-state index contributed by atoms with van der Waals surface area (Å²) in [4.78, 5) is 24.6. The number of hydrogen-bond donors (Lipinski definition) is 3. The average molecular weight is 1280 g/mol. The Morgan fingerprint density at radius 3 is 0.868 bits per heavy atom. The molecule has 3 N–H and O–H groups in total. The van der Waals surface area contributed by atoms with Gasteiger partial charge in [-0.2, -0.15) is 0 Å². The fourth-order valence-electron chi connectivity index (χ4n) is 13.0. The molecular formula is C85H161NO5. The second kappa shape index (κ2) is 80.3. The molecule has 0 fully saturated rings. The summed E-state index contributed by atoms with van der Waals surface area (Å²) in [5, 5.41) is 23.3. The molecule has 0 aliphatic carbocycles. The Bertz CT molecular complexity index is 1520. The van der Waals surface area contributed by atoms with Crippen molar-refractivity contribution in [3.63, 3.8) is 0 Å². The Hall–Kier alpha value is -2.18. The first-order valence-electron chi connectivity index (χ1n) is 41.4. The van der Waals surface area contributed by atoms with Crippen LogP contribution in [0, 0.1) is 0 Å². The lowest BCUT2D eigenvalue weighted by molar-refractivity contribution is -0.143. The van der Waals surface area contributed by atoms with Crippen LogP contribution < -0.4 is 5.32 Å². The van der Waals surface area contributed by atoms with Crippen molar-refractivity contribution in [2.75, 3.05) is 13.2 Å². The number of aliphatic hydroxyl groups is 2. The number of hydrogen-bond acceptors (Lipinski definition) is 5. The highest BCUT2D eigenvalue weighted by Gasteiger charge is 2.18. The fraction of sp³-hybridized carbons (Fsp3) is 0.882. The lowest BCUT2D eigenvalue weighted by Crippen LogP contribution is -2.45. The van der Waals surface area contributed by atoms with Crippen molar-refractivity contribution in [2.45, 2.75) is 469 Å². The summed E-state index contributed by atoms with van der Waals surface area (Å²) in [6, 6.07) is -0.627. The highest BCUT2D eigenvalue weighted by atomic mass is 16.5. The Kier molecular flexibility index (Phi) is 78.3. The van der Waals surface area contributed by atoms with Gasteiger partial charge in [0.15, 0.2) is 0 Å². The van der Waals surface area contributed by atoms with Crippen LogP contribution in [0.1, 0.15) is 457 Å². The highest BCUT2D eigenvalue weighted by Crippen LogP contribution is 2.20. The molecule has 1 amide bonds. The molecule has 6 nitrogen and oxygen atoms in total. The van der Waals surface area contributed by atoms with Crippen LogP contribution in [0.5, 0.6) is 0 Å². The molecule has 0 aliphatic heterocycles. The van der Waals surface area contributed by atoms with E-state index in [4.69, 9.17) is 4.74 Å². The number of amides is 1. The van der Waals surface area contributed by atoms with Gasteiger partial charge in [-0.3, -0.25) is 9.59 Å². The Morgan fingerprint density at radius 2 is 0.549 bits per heavy atom. The third kappa shape index (κ3) is 76.7. The van der Waals surface area contributed by atoms with Crippen LogP contribution in [0.3, 0.4) is 0 Å². The third-order valence-corrected chi connectivity index (χ3v) is 19.3. The normalized spacial score (nSPS) is 12.7. The number of allylic oxidation sites excluding steroid dienone is 7. The van der Waals surface area contributed by atoms with Crippen molar-refractivity contribution in [3.05, 3.63) is 48.6 Å². The van der Waals surface area contributed by atoms with Gasteiger partial charge in [0.05, 0.1) is 25.4 Å². The summed E-state index contributed by atoms with van der Waals surface area (Å²) in [5.74, 6) is -0.0497. The summed E-state index contributed by atoms with van der Waals surface area (Å²) in [6.07, 6.45) is 107. The molecule has 536 valence electrons. The molecule has 0 saturated carbocycles. The number of aliphatic hydroxyl groups excluding tert-OH is 2. The topological polar surface area (TPSA) is 95.9 Å². The van der Waals surface area contributed by atoms with Crippen LogP contribution in [-0.2, 0) is 14.3 Å². The van der Waals surface area contributed by atoms with E-state index in [1.165, 1.54) is 379 Å². The van der Waals surface area contributed by atoms with Gasteiger partial charge < -0.3 is 20.3 Å². The molecular weight excluding hydrogens is 1110 g/mol. The van der Waals surface area contributed by atoms with Gasteiger partial charge >= 0.3 is 5.97 Å². The van der Waals surface area contributed by atoms with E-state index >= 15 is 0 Å². The maximum atomic E-state index is 12.6. The second-order valence-corrected chi connectivity index (χ2v) is 28.4. The number of nitrogens with one attached hydrogen (secondary N) is 1. The lowest BCUT2D eigenvalue weighted by atomic mass is 10.0.